The summed E-state index contributed by atoms with van der Waals surface area (Å²) < 4.78 is 8.71. The second-order valence-electron chi connectivity index (χ2n) is 7.46. The molecule has 0 bridgehead atoms. The van der Waals surface area contributed by atoms with E-state index in [0.29, 0.717) is 0 Å². The van der Waals surface area contributed by atoms with Crippen LogP contribution in [0.15, 0.2) is 90.2 Å². The summed E-state index contributed by atoms with van der Waals surface area (Å²) in [4.78, 5) is 20.6. The van der Waals surface area contributed by atoms with E-state index in [-0.39, 0.29) is 11.7 Å². The number of imidazole rings is 1. The number of benzene rings is 2. The number of methoxy groups -OCH3 is 1. The highest BCUT2D eigenvalue weighted by Crippen LogP contribution is 2.27. The Balaban J connectivity index is 1.47. The van der Waals surface area contributed by atoms with E-state index in [0.717, 1.165) is 39.2 Å². The zero-order chi connectivity index (χ0) is 21.4. The molecular weight excluding hydrogens is 388 g/mol. The summed E-state index contributed by atoms with van der Waals surface area (Å²) >= 11 is 0. The van der Waals surface area contributed by atoms with Crippen molar-refractivity contribution in [2.45, 2.75) is 13.0 Å². The summed E-state index contributed by atoms with van der Waals surface area (Å²) in [6.45, 7) is 2.01. The Bertz CT molecular complexity index is 1410. The van der Waals surface area contributed by atoms with Crippen molar-refractivity contribution in [3.63, 3.8) is 0 Å². The Morgan fingerprint density at radius 3 is 2.68 bits per heavy atom. The maximum Gasteiger partial charge on any atom is 0.333 e. The van der Waals surface area contributed by atoms with E-state index < -0.39 is 0 Å². The van der Waals surface area contributed by atoms with Crippen LogP contribution in [0.3, 0.4) is 0 Å². The summed E-state index contributed by atoms with van der Waals surface area (Å²) in [6.07, 6.45) is 7.32. The van der Waals surface area contributed by atoms with Crippen molar-refractivity contribution in [1.29, 1.82) is 0 Å². The van der Waals surface area contributed by atoms with E-state index in [1.807, 2.05) is 86.2 Å². The van der Waals surface area contributed by atoms with E-state index in [4.69, 9.17) is 4.74 Å². The minimum atomic E-state index is -0.109. The summed E-state index contributed by atoms with van der Waals surface area (Å²) in [6, 6.07) is 19.7. The van der Waals surface area contributed by atoms with Gasteiger partial charge in [-0.15, -0.1) is 0 Å². The minimum absolute atomic E-state index is 0.0833. The van der Waals surface area contributed by atoms with Gasteiger partial charge >= 0.3 is 5.69 Å². The number of pyridine rings is 1. The predicted molar refractivity (Wildman–Crippen MR) is 122 cm³/mol. The van der Waals surface area contributed by atoms with Crippen LogP contribution in [0.5, 0.6) is 5.75 Å². The van der Waals surface area contributed by atoms with E-state index in [2.05, 4.69) is 9.97 Å². The molecule has 0 saturated carbocycles. The molecule has 2 aromatic carbocycles. The van der Waals surface area contributed by atoms with Crippen LogP contribution >= 0.6 is 0 Å². The Hall–Kier alpha value is -4.06. The van der Waals surface area contributed by atoms with Crippen LogP contribution in [-0.2, 0) is 0 Å². The highest BCUT2D eigenvalue weighted by Gasteiger charge is 2.14. The molecule has 5 aromatic rings. The van der Waals surface area contributed by atoms with Crippen LogP contribution in [0.1, 0.15) is 18.5 Å². The van der Waals surface area contributed by atoms with E-state index in [1.165, 1.54) is 0 Å². The summed E-state index contributed by atoms with van der Waals surface area (Å²) in [5, 5.41) is 1.07. The van der Waals surface area contributed by atoms with Gasteiger partial charge < -0.3 is 9.72 Å². The standard InChI is InChI=1S/C25H22N4O2/c1-17(19-4-3-5-21(16-19)31-2)28-14-15-29(25(28)30)20-8-6-18(7-9-20)22-10-12-26-24-23(22)11-13-27-24/h3-17H,1-2H3,(H,26,27). The van der Waals surface area contributed by atoms with Gasteiger partial charge in [-0.2, -0.15) is 0 Å². The van der Waals surface area contributed by atoms with Gasteiger partial charge in [0.15, 0.2) is 0 Å². The number of ether oxygens (including phenoxy) is 1. The molecule has 0 aliphatic heterocycles. The fourth-order valence-electron chi connectivity index (χ4n) is 3.96. The smallest absolute Gasteiger partial charge is 0.333 e. The molecule has 6 heteroatoms. The number of nitrogens with one attached hydrogen (secondary N) is 1. The van der Waals surface area contributed by atoms with Crippen molar-refractivity contribution in [1.82, 2.24) is 19.1 Å². The van der Waals surface area contributed by atoms with Crippen molar-refractivity contribution in [3.8, 4) is 22.6 Å². The van der Waals surface area contributed by atoms with E-state index in [9.17, 15) is 4.79 Å². The molecule has 31 heavy (non-hydrogen) atoms. The summed E-state index contributed by atoms with van der Waals surface area (Å²) in [5.41, 5.74) is 4.80. The number of fused-ring (bicyclic) bond motifs is 1. The topological polar surface area (TPSA) is 64.8 Å². The van der Waals surface area contributed by atoms with Gasteiger partial charge in [-0.1, -0.05) is 24.3 Å². The Morgan fingerprint density at radius 2 is 1.87 bits per heavy atom. The average Bonchev–Trinajstić information content (AvgIpc) is 3.45. The second kappa shape index (κ2) is 7.65. The van der Waals surface area contributed by atoms with Crippen LogP contribution in [0, 0.1) is 0 Å². The fraction of sp³-hybridized carbons (Fsp3) is 0.120. The zero-order valence-corrected chi connectivity index (χ0v) is 17.3. The second-order valence-corrected chi connectivity index (χ2v) is 7.46. The molecule has 0 amide bonds. The monoisotopic (exact) mass is 410 g/mol. The van der Waals surface area contributed by atoms with Crippen LogP contribution in [-0.4, -0.2) is 26.2 Å². The quantitative estimate of drug-likeness (QED) is 0.453. The van der Waals surface area contributed by atoms with Gasteiger partial charge in [0, 0.05) is 30.2 Å². The molecule has 0 aliphatic carbocycles. The molecule has 0 fully saturated rings. The molecule has 5 rings (SSSR count). The van der Waals surface area contributed by atoms with Crippen LogP contribution in [0.25, 0.3) is 27.8 Å². The normalized spacial score (nSPS) is 12.2. The lowest BCUT2D eigenvalue weighted by molar-refractivity contribution is 0.413. The lowest BCUT2D eigenvalue weighted by Crippen LogP contribution is -2.25. The van der Waals surface area contributed by atoms with Crippen molar-refractivity contribution in [3.05, 3.63) is 101 Å². The molecular formula is C25H22N4O2. The van der Waals surface area contributed by atoms with Gasteiger partial charge in [0.05, 0.1) is 18.8 Å². The van der Waals surface area contributed by atoms with Gasteiger partial charge in [0.25, 0.3) is 0 Å². The Labute approximate surface area is 179 Å². The third-order valence-electron chi connectivity index (χ3n) is 5.71. The van der Waals surface area contributed by atoms with Gasteiger partial charge in [0.1, 0.15) is 11.4 Å². The number of aromatic amines is 1. The van der Waals surface area contributed by atoms with Crippen molar-refractivity contribution < 1.29 is 4.74 Å². The Kier molecular flexibility index (Phi) is 4.67. The lowest BCUT2D eigenvalue weighted by atomic mass is 10.0. The van der Waals surface area contributed by atoms with Crippen LogP contribution in [0.4, 0.5) is 0 Å². The van der Waals surface area contributed by atoms with Gasteiger partial charge in [-0.3, -0.25) is 9.13 Å². The summed E-state index contributed by atoms with van der Waals surface area (Å²) in [5.74, 6) is 0.778. The number of hydrogen-bond donors (Lipinski definition) is 1. The van der Waals surface area contributed by atoms with Crippen LogP contribution < -0.4 is 10.4 Å². The molecule has 0 aliphatic rings. The number of rotatable bonds is 5. The first-order valence-corrected chi connectivity index (χ1v) is 10.1. The third kappa shape index (κ3) is 3.32. The SMILES string of the molecule is COc1cccc(C(C)n2ccn(-c3ccc(-c4ccnc5[nH]ccc45)cc3)c2=O)c1. The molecule has 1 N–H and O–H groups in total. The van der Waals surface area contributed by atoms with Gasteiger partial charge in [0.2, 0.25) is 0 Å². The molecule has 0 spiro atoms. The number of nitrogens with zero attached hydrogens (tertiary/aromatic N) is 3. The number of H-pyrrole nitrogens is 1. The minimum Gasteiger partial charge on any atom is -0.497 e. The molecule has 3 aromatic heterocycles. The van der Waals surface area contributed by atoms with Crippen molar-refractivity contribution >= 4 is 11.0 Å². The van der Waals surface area contributed by atoms with Gasteiger partial charge in [-0.25, -0.2) is 9.78 Å². The predicted octanol–water partition coefficient (Wildman–Crippen LogP) is 4.80. The maximum atomic E-state index is 13.1. The highest BCUT2D eigenvalue weighted by atomic mass is 16.5. The first kappa shape index (κ1) is 18.9. The summed E-state index contributed by atoms with van der Waals surface area (Å²) in [7, 11) is 1.64. The molecule has 3 heterocycles. The molecule has 154 valence electrons. The largest absolute Gasteiger partial charge is 0.497 e. The maximum absolute atomic E-state index is 13.1. The Morgan fingerprint density at radius 1 is 1.03 bits per heavy atom. The van der Waals surface area contributed by atoms with Crippen molar-refractivity contribution in [2.75, 3.05) is 7.11 Å². The molecule has 6 nitrogen and oxygen atoms in total. The average molecular weight is 410 g/mol. The van der Waals surface area contributed by atoms with Crippen LogP contribution in [0.2, 0.25) is 0 Å². The molecule has 1 unspecified atom stereocenters. The first-order chi connectivity index (χ1) is 15.2. The van der Waals surface area contributed by atoms with E-state index in [1.54, 1.807) is 22.4 Å². The fourth-order valence-corrected chi connectivity index (χ4v) is 3.96. The van der Waals surface area contributed by atoms with Gasteiger partial charge in [-0.05, 0) is 60.0 Å². The molecule has 0 saturated heterocycles. The highest BCUT2D eigenvalue weighted by molar-refractivity contribution is 5.92. The number of hydrogen-bond acceptors (Lipinski definition) is 3. The van der Waals surface area contributed by atoms with Crippen molar-refractivity contribution in [2.24, 2.45) is 0 Å². The van der Waals surface area contributed by atoms with E-state index >= 15 is 0 Å². The number of aromatic nitrogens is 4. The zero-order valence-electron chi connectivity index (χ0n) is 17.3. The lowest BCUT2D eigenvalue weighted by Gasteiger charge is -2.14. The molecule has 1 atom stereocenters. The first-order valence-electron chi connectivity index (χ1n) is 10.1. The molecule has 0 radical (unpaired) electrons. The third-order valence-corrected chi connectivity index (χ3v) is 5.71.